The van der Waals surface area contributed by atoms with E-state index in [2.05, 4.69) is 39.5 Å². The van der Waals surface area contributed by atoms with Gasteiger partial charge in [-0.25, -0.2) is 4.98 Å². The Morgan fingerprint density at radius 2 is 1.93 bits per heavy atom. The van der Waals surface area contributed by atoms with Crippen molar-refractivity contribution >= 4 is 27.5 Å². The number of aromatic nitrogens is 2. The van der Waals surface area contributed by atoms with Gasteiger partial charge in [-0.2, -0.15) is 0 Å². The number of rotatable bonds is 4. The van der Waals surface area contributed by atoms with E-state index >= 15 is 0 Å². The van der Waals surface area contributed by atoms with Crippen LogP contribution in [0.5, 0.6) is 0 Å². The molecular formula is C22H26N4O2S. The first-order valence-corrected chi connectivity index (χ1v) is 10.8. The van der Waals surface area contributed by atoms with Crippen LogP contribution in [-0.2, 0) is 11.3 Å². The predicted molar refractivity (Wildman–Crippen MR) is 117 cm³/mol. The largest absolute Gasteiger partial charge is 0.353 e. The number of piperazine rings is 1. The van der Waals surface area contributed by atoms with Crippen molar-refractivity contribution in [3.8, 4) is 11.1 Å². The number of carbonyl (C=O) groups excluding carboxylic acids is 1. The highest BCUT2D eigenvalue weighted by molar-refractivity contribution is 7.19. The minimum Gasteiger partial charge on any atom is -0.353 e. The number of hydrogen-bond acceptors (Lipinski definition) is 5. The third kappa shape index (κ3) is 3.72. The van der Waals surface area contributed by atoms with E-state index in [0.29, 0.717) is 24.3 Å². The van der Waals surface area contributed by atoms with Gasteiger partial charge in [0.15, 0.2) is 0 Å². The number of H-pyrrole nitrogens is 1. The van der Waals surface area contributed by atoms with E-state index in [1.807, 2.05) is 27.7 Å². The molecule has 1 saturated heterocycles. The molecule has 0 bridgehead atoms. The lowest BCUT2D eigenvalue weighted by molar-refractivity contribution is -0.131. The molecule has 152 valence electrons. The van der Waals surface area contributed by atoms with Crippen LogP contribution in [0, 0.1) is 19.8 Å². The van der Waals surface area contributed by atoms with Crippen LogP contribution in [-0.4, -0.2) is 39.9 Å². The molecule has 1 amide bonds. The van der Waals surface area contributed by atoms with E-state index in [9.17, 15) is 9.59 Å². The number of carbonyl (C=O) groups is 1. The molecule has 0 radical (unpaired) electrons. The molecule has 1 aliphatic heterocycles. The van der Waals surface area contributed by atoms with Gasteiger partial charge in [-0.1, -0.05) is 43.7 Å². The van der Waals surface area contributed by atoms with E-state index in [4.69, 9.17) is 4.98 Å². The van der Waals surface area contributed by atoms with Crippen molar-refractivity contribution in [1.82, 2.24) is 20.2 Å². The average Bonchev–Trinajstić information content (AvgIpc) is 2.98. The smallest absolute Gasteiger partial charge is 0.260 e. The van der Waals surface area contributed by atoms with E-state index in [0.717, 1.165) is 27.4 Å². The van der Waals surface area contributed by atoms with Crippen molar-refractivity contribution in [2.75, 3.05) is 13.1 Å². The fraction of sp³-hybridized carbons (Fsp3) is 0.409. The number of aryl methyl sites for hydroxylation is 2. The van der Waals surface area contributed by atoms with Crippen molar-refractivity contribution in [2.45, 2.75) is 40.3 Å². The summed E-state index contributed by atoms with van der Waals surface area (Å²) in [5, 5.41) is 3.58. The maximum Gasteiger partial charge on any atom is 0.260 e. The molecule has 2 aromatic heterocycles. The monoisotopic (exact) mass is 410 g/mol. The number of fused-ring (bicyclic) bond motifs is 1. The fourth-order valence-corrected chi connectivity index (χ4v) is 5.20. The Morgan fingerprint density at radius 3 is 2.62 bits per heavy atom. The number of benzene rings is 1. The second kappa shape index (κ2) is 7.72. The molecule has 7 heteroatoms. The first-order chi connectivity index (χ1) is 13.8. The van der Waals surface area contributed by atoms with Crippen LogP contribution in [0.4, 0.5) is 0 Å². The van der Waals surface area contributed by atoms with Gasteiger partial charge in [0, 0.05) is 23.5 Å². The summed E-state index contributed by atoms with van der Waals surface area (Å²) >= 11 is 1.55. The summed E-state index contributed by atoms with van der Waals surface area (Å²) in [5.41, 5.74) is 3.06. The Labute approximate surface area is 174 Å². The highest BCUT2D eigenvalue weighted by Crippen LogP contribution is 2.35. The Kier molecular flexibility index (Phi) is 5.27. The minimum absolute atomic E-state index is 0.0447. The summed E-state index contributed by atoms with van der Waals surface area (Å²) < 4.78 is 0. The van der Waals surface area contributed by atoms with Crippen molar-refractivity contribution in [2.24, 2.45) is 5.92 Å². The molecule has 3 aromatic rings. The van der Waals surface area contributed by atoms with Crippen molar-refractivity contribution < 1.29 is 4.79 Å². The molecule has 1 aromatic carbocycles. The van der Waals surface area contributed by atoms with Crippen LogP contribution in [0.15, 0.2) is 29.1 Å². The Hall–Kier alpha value is -2.51. The number of hydrogen-bond donors (Lipinski definition) is 2. The Morgan fingerprint density at radius 1 is 1.21 bits per heavy atom. The van der Waals surface area contributed by atoms with Gasteiger partial charge in [-0.05, 0) is 25.3 Å². The van der Waals surface area contributed by atoms with Gasteiger partial charge in [-0.3, -0.25) is 14.5 Å². The van der Waals surface area contributed by atoms with Crippen LogP contribution in [0.1, 0.15) is 30.1 Å². The third-order valence-corrected chi connectivity index (χ3v) is 6.47. The topological polar surface area (TPSA) is 78.1 Å². The highest BCUT2D eigenvalue weighted by Gasteiger charge is 2.32. The number of nitrogens with one attached hydrogen (secondary N) is 2. The summed E-state index contributed by atoms with van der Waals surface area (Å²) in [7, 11) is 0. The van der Waals surface area contributed by atoms with E-state index in [1.165, 1.54) is 5.56 Å². The predicted octanol–water partition coefficient (Wildman–Crippen LogP) is 3.22. The van der Waals surface area contributed by atoms with E-state index in [-0.39, 0.29) is 23.4 Å². The van der Waals surface area contributed by atoms with Crippen LogP contribution in [0.25, 0.3) is 21.3 Å². The molecule has 29 heavy (non-hydrogen) atoms. The lowest BCUT2D eigenvalue weighted by atomic mass is 9.99. The van der Waals surface area contributed by atoms with Gasteiger partial charge in [-0.15, -0.1) is 11.3 Å². The molecule has 1 fully saturated rings. The fourth-order valence-electron chi connectivity index (χ4n) is 4.13. The van der Waals surface area contributed by atoms with Gasteiger partial charge in [0.2, 0.25) is 5.91 Å². The van der Waals surface area contributed by atoms with Crippen LogP contribution in [0.2, 0.25) is 0 Å². The molecule has 1 aliphatic rings. The first kappa shape index (κ1) is 19.8. The maximum atomic E-state index is 13.0. The highest BCUT2D eigenvalue weighted by atomic mass is 32.1. The van der Waals surface area contributed by atoms with Gasteiger partial charge in [0.05, 0.1) is 18.0 Å². The summed E-state index contributed by atoms with van der Waals surface area (Å²) in [4.78, 5) is 37.0. The molecule has 0 aliphatic carbocycles. The summed E-state index contributed by atoms with van der Waals surface area (Å²) in [5.74, 6) is 0.839. The molecule has 1 unspecified atom stereocenters. The SMILES string of the molecule is Cc1ccc(-c2c(C)sc3nc(CN4CCNC(=O)C4C(C)C)[nH]c(=O)c23)cc1. The van der Waals surface area contributed by atoms with Gasteiger partial charge in [0.25, 0.3) is 5.56 Å². The van der Waals surface area contributed by atoms with E-state index in [1.54, 1.807) is 11.3 Å². The second-order valence-electron chi connectivity index (χ2n) is 8.04. The molecule has 0 spiro atoms. The third-order valence-electron chi connectivity index (χ3n) is 5.47. The van der Waals surface area contributed by atoms with Crippen molar-refractivity contribution in [3.05, 3.63) is 50.9 Å². The first-order valence-electron chi connectivity index (χ1n) is 9.96. The zero-order valence-electron chi connectivity index (χ0n) is 17.2. The summed E-state index contributed by atoms with van der Waals surface area (Å²) in [6.07, 6.45) is 0. The number of aromatic amines is 1. The molecule has 1 atom stereocenters. The standard InChI is InChI=1S/C22H26N4O2S/c1-12(2)19-21(28)23-9-10-26(19)11-16-24-20(27)18-17(14(4)29-22(18)25-16)15-7-5-13(3)6-8-15/h5-8,12,19H,9-11H2,1-4H3,(H,23,28)(H,24,25,27). The molecule has 4 rings (SSSR count). The van der Waals surface area contributed by atoms with Crippen LogP contribution < -0.4 is 10.9 Å². The molecule has 3 heterocycles. The Bertz CT molecular complexity index is 1110. The molecular weight excluding hydrogens is 384 g/mol. The molecule has 2 N–H and O–H groups in total. The van der Waals surface area contributed by atoms with Crippen LogP contribution in [0.3, 0.4) is 0 Å². The van der Waals surface area contributed by atoms with Gasteiger partial charge in [0.1, 0.15) is 10.7 Å². The van der Waals surface area contributed by atoms with Gasteiger partial charge < -0.3 is 10.3 Å². The summed E-state index contributed by atoms with van der Waals surface area (Å²) in [6, 6.07) is 8.01. The van der Waals surface area contributed by atoms with Crippen molar-refractivity contribution in [1.29, 1.82) is 0 Å². The zero-order valence-corrected chi connectivity index (χ0v) is 18.0. The zero-order chi connectivity index (χ0) is 20.7. The average molecular weight is 411 g/mol. The minimum atomic E-state index is -0.210. The number of nitrogens with zero attached hydrogens (tertiary/aromatic N) is 2. The normalized spacial score (nSPS) is 17.8. The van der Waals surface area contributed by atoms with E-state index < -0.39 is 0 Å². The number of thiophene rings is 1. The molecule has 6 nitrogen and oxygen atoms in total. The molecule has 0 saturated carbocycles. The summed E-state index contributed by atoms with van der Waals surface area (Å²) in [6.45, 7) is 9.98. The number of amides is 1. The second-order valence-corrected chi connectivity index (χ2v) is 9.25. The van der Waals surface area contributed by atoms with Crippen molar-refractivity contribution in [3.63, 3.8) is 0 Å². The lowest BCUT2D eigenvalue weighted by Crippen LogP contribution is -2.57. The Balaban J connectivity index is 1.73. The van der Waals surface area contributed by atoms with Gasteiger partial charge >= 0.3 is 0 Å². The lowest BCUT2D eigenvalue weighted by Gasteiger charge is -2.36. The maximum absolute atomic E-state index is 13.0. The quantitative estimate of drug-likeness (QED) is 0.692. The van der Waals surface area contributed by atoms with Crippen LogP contribution >= 0.6 is 11.3 Å².